The molecule has 0 saturated carbocycles. The lowest BCUT2D eigenvalue weighted by Gasteiger charge is -2.20. The summed E-state index contributed by atoms with van der Waals surface area (Å²) in [5.74, 6) is -0.106. The number of sulfone groups is 1. The molecule has 1 unspecified atom stereocenters. The van der Waals surface area contributed by atoms with Gasteiger partial charge in [0.15, 0.2) is 9.84 Å². The van der Waals surface area contributed by atoms with Gasteiger partial charge in [-0.25, -0.2) is 8.42 Å². The second kappa shape index (κ2) is 7.89. The molecular weight excluding hydrogens is 390 g/mol. The summed E-state index contributed by atoms with van der Waals surface area (Å²) < 4.78 is 25.4. The molecule has 1 aliphatic heterocycles. The lowest BCUT2D eigenvalue weighted by Crippen LogP contribution is -2.33. The second-order valence-electron chi connectivity index (χ2n) is 6.90. The van der Waals surface area contributed by atoms with Gasteiger partial charge in [-0.3, -0.25) is 4.79 Å². The minimum atomic E-state index is -3.26. The van der Waals surface area contributed by atoms with Crippen molar-refractivity contribution in [1.82, 2.24) is 4.90 Å². The number of amides is 1. The molecule has 0 radical (unpaired) electrons. The van der Waals surface area contributed by atoms with E-state index in [1.54, 1.807) is 4.90 Å². The fraction of sp³-hybridized carbons (Fsp3) is 0.227. The van der Waals surface area contributed by atoms with Gasteiger partial charge in [-0.2, -0.15) is 0 Å². The Hall–Kier alpha value is -2.44. The van der Waals surface area contributed by atoms with E-state index < -0.39 is 15.1 Å². The molecule has 0 bridgehead atoms. The Morgan fingerprint density at radius 2 is 1.61 bits per heavy atom. The van der Waals surface area contributed by atoms with E-state index in [1.807, 2.05) is 72.1 Å². The Morgan fingerprint density at radius 3 is 2.29 bits per heavy atom. The van der Waals surface area contributed by atoms with Crippen LogP contribution < -0.4 is 0 Å². The highest BCUT2D eigenvalue weighted by Gasteiger charge is 2.33. The van der Waals surface area contributed by atoms with Gasteiger partial charge in [-0.05, 0) is 41.1 Å². The van der Waals surface area contributed by atoms with Crippen LogP contribution in [0.4, 0.5) is 0 Å². The Balaban J connectivity index is 1.51. The number of carbonyl (C=O) groups excluding carboxylic acids is 1. The smallest absolute Gasteiger partial charge is 0.253 e. The monoisotopic (exact) mass is 411 g/mol. The summed E-state index contributed by atoms with van der Waals surface area (Å²) in [7, 11) is -3.26. The minimum absolute atomic E-state index is 0.00338. The van der Waals surface area contributed by atoms with Crippen molar-refractivity contribution in [1.29, 1.82) is 0 Å². The SMILES string of the molecule is O=C(c1ccc(-c2ccccc2)cc1)N1CCC(c2cccs2)S(=O)(=O)CC1. The Bertz CT molecular complexity index is 1040. The maximum absolute atomic E-state index is 12.9. The Kier molecular flexibility index (Phi) is 5.33. The molecule has 28 heavy (non-hydrogen) atoms. The van der Waals surface area contributed by atoms with Crippen LogP contribution >= 0.6 is 11.3 Å². The van der Waals surface area contributed by atoms with Crippen molar-refractivity contribution in [2.75, 3.05) is 18.8 Å². The van der Waals surface area contributed by atoms with Crippen LogP contribution in [0.1, 0.15) is 26.9 Å². The van der Waals surface area contributed by atoms with E-state index in [2.05, 4.69) is 0 Å². The quantitative estimate of drug-likeness (QED) is 0.641. The van der Waals surface area contributed by atoms with Crippen LogP contribution in [0.15, 0.2) is 72.1 Å². The molecule has 4 nitrogen and oxygen atoms in total. The average molecular weight is 412 g/mol. The first-order valence-corrected chi connectivity index (χ1v) is 11.8. The van der Waals surface area contributed by atoms with Gasteiger partial charge >= 0.3 is 0 Å². The summed E-state index contributed by atoms with van der Waals surface area (Å²) in [5.41, 5.74) is 2.74. The molecule has 1 amide bonds. The summed E-state index contributed by atoms with van der Waals surface area (Å²) in [4.78, 5) is 15.5. The normalized spacial score (nSPS) is 19.1. The van der Waals surface area contributed by atoms with Crippen LogP contribution in [0.2, 0.25) is 0 Å². The van der Waals surface area contributed by atoms with E-state index >= 15 is 0 Å². The van der Waals surface area contributed by atoms with Crippen LogP contribution in [0.25, 0.3) is 11.1 Å². The van der Waals surface area contributed by atoms with Crippen molar-refractivity contribution in [2.24, 2.45) is 0 Å². The van der Waals surface area contributed by atoms with Gasteiger partial charge in [-0.1, -0.05) is 48.5 Å². The molecule has 1 aromatic heterocycles. The van der Waals surface area contributed by atoms with Crippen molar-refractivity contribution in [3.05, 3.63) is 82.6 Å². The number of rotatable bonds is 3. The first-order chi connectivity index (χ1) is 13.5. The van der Waals surface area contributed by atoms with Crippen molar-refractivity contribution in [3.8, 4) is 11.1 Å². The highest BCUT2D eigenvalue weighted by molar-refractivity contribution is 7.91. The number of nitrogens with zero attached hydrogens (tertiary/aromatic N) is 1. The molecule has 0 spiro atoms. The van der Waals surface area contributed by atoms with Crippen molar-refractivity contribution < 1.29 is 13.2 Å². The summed E-state index contributed by atoms with van der Waals surface area (Å²) in [6.45, 7) is 0.685. The van der Waals surface area contributed by atoms with Crippen LogP contribution in [0.5, 0.6) is 0 Å². The van der Waals surface area contributed by atoms with Gasteiger partial charge in [0.25, 0.3) is 5.91 Å². The molecule has 2 heterocycles. The maximum Gasteiger partial charge on any atom is 0.253 e. The lowest BCUT2D eigenvalue weighted by molar-refractivity contribution is 0.0766. The fourth-order valence-electron chi connectivity index (χ4n) is 3.56. The molecule has 1 saturated heterocycles. The van der Waals surface area contributed by atoms with Crippen LogP contribution in [0, 0.1) is 0 Å². The Morgan fingerprint density at radius 1 is 0.893 bits per heavy atom. The average Bonchev–Trinajstić information content (AvgIpc) is 3.19. The van der Waals surface area contributed by atoms with Gasteiger partial charge < -0.3 is 4.90 Å². The molecule has 0 aliphatic carbocycles. The van der Waals surface area contributed by atoms with E-state index in [4.69, 9.17) is 0 Å². The first kappa shape index (κ1) is 18.9. The van der Waals surface area contributed by atoms with E-state index in [1.165, 1.54) is 11.3 Å². The molecule has 144 valence electrons. The first-order valence-electron chi connectivity index (χ1n) is 9.24. The molecule has 3 aromatic rings. The Labute approximate surface area is 169 Å². The predicted octanol–water partition coefficient (Wildman–Crippen LogP) is 4.42. The molecule has 1 aliphatic rings. The third-order valence-electron chi connectivity index (χ3n) is 5.13. The maximum atomic E-state index is 12.9. The molecule has 2 aromatic carbocycles. The number of hydrogen-bond acceptors (Lipinski definition) is 4. The van der Waals surface area contributed by atoms with E-state index in [0.29, 0.717) is 18.5 Å². The summed E-state index contributed by atoms with van der Waals surface area (Å²) >= 11 is 1.46. The summed E-state index contributed by atoms with van der Waals surface area (Å²) in [6.07, 6.45) is 0.441. The molecule has 6 heteroatoms. The third kappa shape index (κ3) is 3.88. The molecule has 1 fully saturated rings. The summed E-state index contributed by atoms with van der Waals surface area (Å²) in [5, 5.41) is 1.39. The number of thiophene rings is 1. The highest BCUT2D eigenvalue weighted by Crippen LogP contribution is 2.32. The number of carbonyl (C=O) groups is 1. The van der Waals surface area contributed by atoms with E-state index in [0.717, 1.165) is 16.0 Å². The second-order valence-corrected chi connectivity index (χ2v) is 10.2. The largest absolute Gasteiger partial charge is 0.338 e. The van der Waals surface area contributed by atoms with Gasteiger partial charge in [0, 0.05) is 23.5 Å². The van der Waals surface area contributed by atoms with E-state index in [9.17, 15) is 13.2 Å². The molecule has 0 N–H and O–H groups in total. The predicted molar refractivity (Wildman–Crippen MR) is 113 cm³/mol. The zero-order chi connectivity index (χ0) is 19.6. The van der Waals surface area contributed by atoms with Gasteiger partial charge in [0.05, 0.1) is 11.0 Å². The molecule has 4 rings (SSSR count). The number of benzene rings is 2. The molecule has 1 atom stereocenters. The zero-order valence-electron chi connectivity index (χ0n) is 15.3. The van der Waals surface area contributed by atoms with Gasteiger partial charge in [0.1, 0.15) is 0 Å². The third-order valence-corrected chi connectivity index (χ3v) is 8.37. The van der Waals surface area contributed by atoms with Gasteiger partial charge in [-0.15, -0.1) is 11.3 Å². The zero-order valence-corrected chi connectivity index (χ0v) is 17.0. The standard InChI is InChI=1S/C22H21NO3S2/c24-22(19-10-8-18(9-11-19)17-5-2-1-3-6-17)23-13-12-21(20-7-4-15-27-20)28(25,26)16-14-23/h1-11,15,21H,12-14,16H2. The van der Waals surface area contributed by atoms with E-state index in [-0.39, 0.29) is 18.2 Å². The fourth-order valence-corrected chi connectivity index (χ4v) is 6.56. The van der Waals surface area contributed by atoms with Crippen LogP contribution in [0.3, 0.4) is 0 Å². The lowest BCUT2D eigenvalue weighted by atomic mass is 10.0. The van der Waals surface area contributed by atoms with Crippen molar-refractivity contribution >= 4 is 27.1 Å². The van der Waals surface area contributed by atoms with Crippen LogP contribution in [-0.4, -0.2) is 38.1 Å². The van der Waals surface area contributed by atoms with Crippen molar-refractivity contribution in [3.63, 3.8) is 0 Å². The minimum Gasteiger partial charge on any atom is -0.338 e. The summed E-state index contributed by atoms with van der Waals surface area (Å²) in [6, 6.07) is 21.2. The number of hydrogen-bond donors (Lipinski definition) is 0. The van der Waals surface area contributed by atoms with Crippen molar-refractivity contribution in [2.45, 2.75) is 11.7 Å². The van der Waals surface area contributed by atoms with Crippen LogP contribution in [-0.2, 0) is 9.84 Å². The highest BCUT2D eigenvalue weighted by atomic mass is 32.2. The molecular formula is C22H21NO3S2. The topological polar surface area (TPSA) is 54.5 Å². The van der Waals surface area contributed by atoms with Gasteiger partial charge in [0.2, 0.25) is 0 Å².